The van der Waals surface area contributed by atoms with Crippen LogP contribution in [0.2, 0.25) is 0 Å². The minimum Gasteiger partial charge on any atom is -0.355 e. The SMILES string of the molecule is C=NN1C=C(C)C(N2CC[C@H](N)C2)=N/C1=C/C1CCCCN1C(=O)c1nccs1. The Labute approximate surface area is 175 Å². The van der Waals surface area contributed by atoms with Gasteiger partial charge in [-0.15, -0.1) is 11.3 Å². The van der Waals surface area contributed by atoms with Crippen LogP contribution in [0.3, 0.4) is 0 Å². The average Bonchev–Trinajstić information content (AvgIpc) is 3.41. The topological polar surface area (TPSA) is 90.4 Å². The van der Waals surface area contributed by atoms with Gasteiger partial charge in [0, 0.05) is 55.7 Å². The minimum absolute atomic E-state index is 0.0167. The molecule has 1 unspecified atom stereocenters. The highest BCUT2D eigenvalue weighted by Crippen LogP contribution is 2.27. The molecule has 2 N–H and O–H groups in total. The maximum atomic E-state index is 13.0. The number of aromatic nitrogens is 1. The molecule has 3 aliphatic rings. The molecule has 0 aliphatic carbocycles. The van der Waals surface area contributed by atoms with Crippen LogP contribution in [0.25, 0.3) is 0 Å². The highest BCUT2D eigenvalue weighted by molar-refractivity contribution is 7.11. The van der Waals surface area contributed by atoms with Crippen molar-refractivity contribution in [2.75, 3.05) is 19.6 Å². The molecule has 4 heterocycles. The van der Waals surface area contributed by atoms with Crippen LogP contribution in [0.15, 0.2) is 45.3 Å². The lowest BCUT2D eigenvalue weighted by Crippen LogP contribution is -2.43. The number of rotatable bonds is 3. The zero-order valence-corrected chi connectivity index (χ0v) is 17.5. The first-order chi connectivity index (χ1) is 14.1. The summed E-state index contributed by atoms with van der Waals surface area (Å²) in [6, 6.07) is 0.135. The van der Waals surface area contributed by atoms with Crippen molar-refractivity contribution in [3.63, 3.8) is 0 Å². The molecule has 0 saturated carbocycles. The van der Waals surface area contributed by atoms with Crippen LogP contribution in [-0.2, 0) is 0 Å². The summed E-state index contributed by atoms with van der Waals surface area (Å²) >= 11 is 1.38. The Balaban J connectivity index is 1.63. The summed E-state index contributed by atoms with van der Waals surface area (Å²) in [7, 11) is 0. The van der Waals surface area contributed by atoms with Gasteiger partial charge < -0.3 is 15.5 Å². The maximum Gasteiger partial charge on any atom is 0.283 e. The fourth-order valence-corrected chi connectivity index (χ4v) is 4.68. The summed E-state index contributed by atoms with van der Waals surface area (Å²) in [6.45, 7) is 8.14. The van der Waals surface area contributed by atoms with E-state index < -0.39 is 0 Å². The van der Waals surface area contributed by atoms with E-state index in [-0.39, 0.29) is 18.0 Å². The molecule has 1 aromatic heterocycles. The van der Waals surface area contributed by atoms with Crippen LogP contribution >= 0.6 is 11.3 Å². The van der Waals surface area contributed by atoms with E-state index in [2.05, 4.69) is 21.7 Å². The third-order valence-electron chi connectivity index (χ3n) is 5.57. The van der Waals surface area contributed by atoms with E-state index in [4.69, 9.17) is 10.7 Å². The molecule has 0 bridgehead atoms. The summed E-state index contributed by atoms with van der Waals surface area (Å²) in [5.41, 5.74) is 7.12. The van der Waals surface area contributed by atoms with Crippen molar-refractivity contribution in [1.82, 2.24) is 19.8 Å². The molecule has 4 rings (SSSR count). The molecule has 2 saturated heterocycles. The Bertz CT molecular complexity index is 860. The predicted molar refractivity (Wildman–Crippen MR) is 116 cm³/mol. The van der Waals surface area contributed by atoms with Crippen molar-refractivity contribution < 1.29 is 4.79 Å². The molecular formula is C20H27N7OS. The van der Waals surface area contributed by atoms with Gasteiger partial charge in [-0.3, -0.25) is 4.79 Å². The Morgan fingerprint density at radius 2 is 2.24 bits per heavy atom. The van der Waals surface area contributed by atoms with Gasteiger partial charge in [-0.1, -0.05) is 0 Å². The summed E-state index contributed by atoms with van der Waals surface area (Å²) in [4.78, 5) is 26.2. The number of hydrogen-bond acceptors (Lipinski definition) is 8. The van der Waals surface area contributed by atoms with Crippen LogP contribution < -0.4 is 5.73 Å². The standard InChI is InChI=1S/C20H27N7OS/c1-14-12-27(22-2)17(24-18(14)25-9-6-15(21)13-25)11-16-5-3-4-8-26(16)20(28)19-23-7-10-29-19/h7,10-12,15-16H,2-6,8-9,13,21H2,1H3/b17-11-/t15-,16?/m0/s1. The Kier molecular flexibility index (Phi) is 5.77. The Morgan fingerprint density at radius 3 is 2.93 bits per heavy atom. The van der Waals surface area contributed by atoms with Crippen molar-refractivity contribution in [3.8, 4) is 0 Å². The highest BCUT2D eigenvalue weighted by Gasteiger charge is 2.30. The van der Waals surface area contributed by atoms with Crippen molar-refractivity contribution in [3.05, 3.63) is 40.3 Å². The smallest absolute Gasteiger partial charge is 0.283 e. The number of thiazole rings is 1. The van der Waals surface area contributed by atoms with Crippen LogP contribution in [0, 0.1) is 0 Å². The third-order valence-corrected chi connectivity index (χ3v) is 6.33. The van der Waals surface area contributed by atoms with Gasteiger partial charge in [-0.2, -0.15) is 5.10 Å². The van der Waals surface area contributed by atoms with E-state index in [0.29, 0.717) is 10.8 Å². The number of amides is 1. The molecule has 1 amide bonds. The molecule has 0 spiro atoms. The number of aliphatic imine (C=N–C) groups is 1. The zero-order valence-electron chi connectivity index (χ0n) is 16.7. The number of hydrazone groups is 1. The Hall–Kier alpha value is -2.52. The number of hydrogen-bond donors (Lipinski definition) is 1. The second-order valence-corrected chi connectivity index (χ2v) is 8.55. The first-order valence-corrected chi connectivity index (χ1v) is 10.9. The van der Waals surface area contributed by atoms with Gasteiger partial charge in [0.15, 0.2) is 10.8 Å². The molecule has 0 radical (unpaired) electrons. The summed E-state index contributed by atoms with van der Waals surface area (Å²) in [6.07, 6.45) is 9.59. The van der Waals surface area contributed by atoms with Crippen molar-refractivity contribution in [2.45, 2.75) is 44.7 Å². The van der Waals surface area contributed by atoms with E-state index in [1.54, 1.807) is 11.2 Å². The average molecular weight is 414 g/mol. The lowest BCUT2D eigenvalue weighted by molar-refractivity contribution is 0.0661. The summed E-state index contributed by atoms with van der Waals surface area (Å²) in [5.74, 6) is 1.61. The van der Waals surface area contributed by atoms with Crippen LogP contribution in [0.1, 0.15) is 42.4 Å². The molecule has 2 fully saturated rings. The highest BCUT2D eigenvalue weighted by atomic mass is 32.1. The van der Waals surface area contributed by atoms with Gasteiger partial charge in [0.1, 0.15) is 5.84 Å². The first kappa shape index (κ1) is 19.8. The quantitative estimate of drug-likeness (QED) is 0.768. The number of likely N-dealkylation sites (tertiary alicyclic amines) is 2. The molecule has 29 heavy (non-hydrogen) atoms. The molecule has 9 heteroatoms. The zero-order chi connectivity index (χ0) is 20.4. The number of amidine groups is 1. The lowest BCUT2D eigenvalue weighted by atomic mass is 10.0. The van der Waals surface area contributed by atoms with E-state index in [1.165, 1.54) is 11.3 Å². The molecule has 1 aromatic rings. The van der Waals surface area contributed by atoms with E-state index in [0.717, 1.165) is 56.7 Å². The summed E-state index contributed by atoms with van der Waals surface area (Å²) in [5, 5.41) is 8.17. The largest absolute Gasteiger partial charge is 0.355 e. The maximum absolute atomic E-state index is 13.0. The van der Waals surface area contributed by atoms with Crippen molar-refractivity contribution in [1.29, 1.82) is 0 Å². The second kappa shape index (κ2) is 8.46. The molecule has 8 nitrogen and oxygen atoms in total. The van der Waals surface area contributed by atoms with Crippen LogP contribution in [-0.4, -0.2) is 70.0 Å². The van der Waals surface area contributed by atoms with E-state index in [9.17, 15) is 4.79 Å². The minimum atomic E-state index is -0.0444. The molecule has 0 aromatic carbocycles. The molecule has 154 valence electrons. The Morgan fingerprint density at radius 1 is 1.38 bits per heavy atom. The monoisotopic (exact) mass is 413 g/mol. The fraction of sp³-hybridized carbons (Fsp3) is 0.500. The van der Waals surface area contributed by atoms with Gasteiger partial charge in [-0.05, 0) is 38.7 Å². The van der Waals surface area contributed by atoms with Gasteiger partial charge in [-0.25, -0.2) is 15.0 Å². The van der Waals surface area contributed by atoms with E-state index >= 15 is 0 Å². The normalized spacial score (nSPS) is 26.6. The van der Waals surface area contributed by atoms with Gasteiger partial charge >= 0.3 is 0 Å². The third kappa shape index (κ3) is 4.11. The molecule has 3 aliphatic heterocycles. The van der Waals surface area contributed by atoms with E-state index in [1.807, 2.05) is 29.5 Å². The van der Waals surface area contributed by atoms with Crippen LogP contribution in [0.4, 0.5) is 0 Å². The first-order valence-electron chi connectivity index (χ1n) is 10.0. The number of carbonyl (C=O) groups excluding carboxylic acids is 1. The number of carbonyl (C=O) groups is 1. The van der Waals surface area contributed by atoms with Gasteiger partial charge in [0.05, 0.1) is 6.04 Å². The van der Waals surface area contributed by atoms with Gasteiger partial charge in [0.2, 0.25) is 0 Å². The van der Waals surface area contributed by atoms with Crippen molar-refractivity contribution >= 4 is 29.8 Å². The predicted octanol–water partition coefficient (Wildman–Crippen LogP) is 2.25. The molecule has 2 atom stereocenters. The van der Waals surface area contributed by atoms with Crippen molar-refractivity contribution in [2.24, 2.45) is 15.8 Å². The fourth-order valence-electron chi connectivity index (χ4n) is 4.09. The van der Waals surface area contributed by atoms with Crippen LogP contribution in [0.5, 0.6) is 0 Å². The lowest BCUT2D eigenvalue weighted by Gasteiger charge is -2.35. The number of piperidine rings is 1. The second-order valence-electron chi connectivity index (χ2n) is 7.65. The number of nitrogens with two attached hydrogens (primary N) is 1. The summed E-state index contributed by atoms with van der Waals surface area (Å²) < 4.78 is 0. The van der Waals surface area contributed by atoms with Gasteiger partial charge in [0.25, 0.3) is 5.91 Å². The number of nitrogens with zero attached hydrogens (tertiary/aromatic N) is 6. The molecular weight excluding hydrogens is 386 g/mol.